The number of terminal acetylenes is 1. The van der Waals surface area contributed by atoms with Gasteiger partial charge in [0.2, 0.25) is 0 Å². The molecule has 0 aliphatic carbocycles. The molecule has 0 saturated heterocycles. The summed E-state index contributed by atoms with van der Waals surface area (Å²) in [6.07, 6.45) is 10.3. The van der Waals surface area contributed by atoms with Gasteiger partial charge in [-0.2, -0.15) is 0 Å². The number of rotatable bonds is 4. The molecule has 0 fully saturated rings. The van der Waals surface area contributed by atoms with Crippen molar-refractivity contribution < 1.29 is 4.79 Å². The number of hydrogen-bond acceptors (Lipinski definition) is 4. The molecule has 0 N–H and O–H groups in total. The van der Waals surface area contributed by atoms with E-state index in [0.29, 0.717) is 30.2 Å². The van der Waals surface area contributed by atoms with Crippen LogP contribution in [0, 0.1) is 12.3 Å². The smallest absolute Gasteiger partial charge is 0.257 e. The van der Waals surface area contributed by atoms with E-state index < -0.39 is 0 Å². The first-order valence-electron chi connectivity index (χ1n) is 5.39. The van der Waals surface area contributed by atoms with E-state index in [-0.39, 0.29) is 5.91 Å². The van der Waals surface area contributed by atoms with Crippen molar-refractivity contribution in [1.29, 1.82) is 0 Å². The fourth-order valence-electron chi connectivity index (χ4n) is 1.77. The van der Waals surface area contributed by atoms with E-state index in [0.717, 1.165) is 12.1 Å². The van der Waals surface area contributed by atoms with Crippen LogP contribution < -0.4 is 0 Å². The monoisotopic (exact) mass is 247 g/mol. The zero-order valence-electron chi connectivity index (χ0n) is 9.64. The van der Waals surface area contributed by atoms with Gasteiger partial charge in [-0.05, 0) is 12.7 Å². The number of thioether (sulfide) groups is 1. The van der Waals surface area contributed by atoms with Crippen molar-refractivity contribution in [3.8, 4) is 12.3 Å². The van der Waals surface area contributed by atoms with E-state index >= 15 is 0 Å². The number of hydrogen-bond donors (Lipinski definition) is 0. The Balaban J connectivity index is 2.10. The minimum atomic E-state index is 0.0182. The molecule has 0 bridgehead atoms. The largest absolute Gasteiger partial charge is 0.333 e. The highest BCUT2D eigenvalue weighted by molar-refractivity contribution is 7.98. The summed E-state index contributed by atoms with van der Waals surface area (Å²) in [5, 5.41) is 0.710. The first-order chi connectivity index (χ1) is 8.26. The van der Waals surface area contributed by atoms with Crippen LogP contribution in [-0.2, 0) is 6.54 Å². The minimum Gasteiger partial charge on any atom is -0.333 e. The highest BCUT2D eigenvalue weighted by atomic mass is 32.2. The SMILES string of the molecule is C#CCCCN1Cc2nc(SC)ncc2C1=O. The van der Waals surface area contributed by atoms with Gasteiger partial charge >= 0.3 is 0 Å². The van der Waals surface area contributed by atoms with Crippen LogP contribution in [0.2, 0.25) is 0 Å². The van der Waals surface area contributed by atoms with E-state index in [1.54, 1.807) is 11.1 Å². The molecule has 0 unspecified atom stereocenters. The number of fused-ring (bicyclic) bond motifs is 1. The summed E-state index contributed by atoms with van der Waals surface area (Å²) in [6, 6.07) is 0. The number of carbonyl (C=O) groups excluding carboxylic acids is 1. The Morgan fingerprint density at radius 1 is 1.65 bits per heavy atom. The lowest BCUT2D eigenvalue weighted by Gasteiger charge is -2.13. The molecule has 1 aliphatic heterocycles. The lowest BCUT2D eigenvalue weighted by molar-refractivity contribution is 0.0776. The van der Waals surface area contributed by atoms with Gasteiger partial charge in [0.15, 0.2) is 5.16 Å². The van der Waals surface area contributed by atoms with Gasteiger partial charge in [0.1, 0.15) is 0 Å². The van der Waals surface area contributed by atoms with Crippen molar-refractivity contribution in [1.82, 2.24) is 14.9 Å². The molecule has 5 heteroatoms. The van der Waals surface area contributed by atoms with Crippen molar-refractivity contribution in [3.05, 3.63) is 17.5 Å². The van der Waals surface area contributed by atoms with Gasteiger partial charge in [0, 0.05) is 19.2 Å². The average Bonchev–Trinajstić information content (AvgIpc) is 2.66. The first-order valence-corrected chi connectivity index (χ1v) is 6.61. The predicted molar refractivity (Wildman–Crippen MR) is 66.6 cm³/mol. The molecule has 2 heterocycles. The fourth-order valence-corrected chi connectivity index (χ4v) is 2.13. The maximum Gasteiger partial charge on any atom is 0.257 e. The van der Waals surface area contributed by atoms with Crippen LogP contribution in [0.4, 0.5) is 0 Å². The summed E-state index contributed by atoms with van der Waals surface area (Å²) in [5.41, 5.74) is 1.46. The number of unbranched alkanes of at least 4 members (excludes halogenated alkanes) is 1. The predicted octanol–water partition coefficient (Wildman–Crippen LogP) is 1.57. The van der Waals surface area contributed by atoms with Crippen LogP contribution in [0.1, 0.15) is 28.9 Å². The number of carbonyl (C=O) groups is 1. The molecule has 88 valence electrons. The molecular formula is C12H13N3OS. The number of amides is 1. The Hall–Kier alpha value is -1.54. The number of aromatic nitrogens is 2. The van der Waals surface area contributed by atoms with Crippen molar-refractivity contribution in [2.75, 3.05) is 12.8 Å². The Morgan fingerprint density at radius 2 is 2.47 bits per heavy atom. The Kier molecular flexibility index (Phi) is 3.64. The zero-order valence-corrected chi connectivity index (χ0v) is 10.5. The summed E-state index contributed by atoms with van der Waals surface area (Å²) in [7, 11) is 0. The Morgan fingerprint density at radius 3 is 3.18 bits per heavy atom. The molecule has 1 aliphatic rings. The molecule has 0 aromatic carbocycles. The molecule has 2 rings (SSSR count). The van der Waals surface area contributed by atoms with Gasteiger partial charge in [-0.3, -0.25) is 4.79 Å². The van der Waals surface area contributed by atoms with Crippen molar-refractivity contribution in [3.63, 3.8) is 0 Å². The third-order valence-electron chi connectivity index (χ3n) is 2.64. The van der Waals surface area contributed by atoms with Crippen molar-refractivity contribution in [2.24, 2.45) is 0 Å². The highest BCUT2D eigenvalue weighted by Gasteiger charge is 2.28. The first kappa shape index (κ1) is 11.9. The van der Waals surface area contributed by atoms with Crippen LogP contribution in [0.25, 0.3) is 0 Å². The van der Waals surface area contributed by atoms with Gasteiger partial charge < -0.3 is 4.90 Å². The summed E-state index contributed by atoms with van der Waals surface area (Å²) >= 11 is 1.48. The minimum absolute atomic E-state index is 0.0182. The average molecular weight is 247 g/mol. The second-order valence-corrected chi connectivity index (χ2v) is 4.52. The quantitative estimate of drug-likeness (QED) is 0.351. The third kappa shape index (κ3) is 2.42. The van der Waals surface area contributed by atoms with Gasteiger partial charge in [0.05, 0.1) is 17.8 Å². The summed E-state index contributed by atoms with van der Waals surface area (Å²) < 4.78 is 0. The second kappa shape index (κ2) is 5.19. The maximum absolute atomic E-state index is 12.0. The van der Waals surface area contributed by atoms with Crippen LogP contribution in [0.3, 0.4) is 0 Å². The second-order valence-electron chi connectivity index (χ2n) is 3.75. The normalized spacial score (nSPS) is 13.6. The molecule has 1 aromatic heterocycles. The van der Waals surface area contributed by atoms with E-state index in [2.05, 4.69) is 15.9 Å². The van der Waals surface area contributed by atoms with Gasteiger partial charge in [-0.25, -0.2) is 9.97 Å². The van der Waals surface area contributed by atoms with Crippen LogP contribution in [-0.4, -0.2) is 33.6 Å². The molecule has 0 radical (unpaired) electrons. The standard InChI is InChI=1S/C12H13N3OS/c1-3-4-5-6-15-8-10-9(11(15)16)7-13-12(14-10)17-2/h1,7H,4-6,8H2,2H3. The van der Waals surface area contributed by atoms with E-state index in [1.807, 2.05) is 6.26 Å². The molecule has 17 heavy (non-hydrogen) atoms. The molecule has 1 aromatic rings. The van der Waals surface area contributed by atoms with Gasteiger partial charge in [-0.15, -0.1) is 12.3 Å². The van der Waals surface area contributed by atoms with Crippen LogP contribution >= 0.6 is 11.8 Å². The Bertz CT molecular complexity index is 481. The molecular weight excluding hydrogens is 234 g/mol. The maximum atomic E-state index is 12.0. The van der Waals surface area contributed by atoms with Crippen molar-refractivity contribution in [2.45, 2.75) is 24.5 Å². The van der Waals surface area contributed by atoms with E-state index in [1.165, 1.54) is 11.8 Å². The molecule has 4 nitrogen and oxygen atoms in total. The van der Waals surface area contributed by atoms with Gasteiger partial charge in [0.25, 0.3) is 5.91 Å². The molecule has 1 amide bonds. The molecule has 0 atom stereocenters. The zero-order chi connectivity index (χ0) is 12.3. The lowest BCUT2D eigenvalue weighted by atomic mass is 10.3. The summed E-state index contributed by atoms with van der Waals surface area (Å²) in [5.74, 6) is 2.59. The Labute approximate surface area is 105 Å². The number of nitrogens with zero attached hydrogens (tertiary/aromatic N) is 3. The topological polar surface area (TPSA) is 46.1 Å². The van der Waals surface area contributed by atoms with Crippen LogP contribution in [0.5, 0.6) is 0 Å². The lowest BCUT2D eigenvalue weighted by Crippen LogP contribution is -2.24. The summed E-state index contributed by atoms with van der Waals surface area (Å²) in [4.78, 5) is 22.2. The van der Waals surface area contributed by atoms with Crippen molar-refractivity contribution >= 4 is 17.7 Å². The van der Waals surface area contributed by atoms with E-state index in [9.17, 15) is 4.79 Å². The highest BCUT2D eigenvalue weighted by Crippen LogP contribution is 2.22. The molecule has 0 saturated carbocycles. The summed E-state index contributed by atoms with van der Waals surface area (Å²) in [6.45, 7) is 1.27. The molecule has 0 spiro atoms. The third-order valence-corrected chi connectivity index (χ3v) is 3.20. The van der Waals surface area contributed by atoms with Gasteiger partial charge in [-0.1, -0.05) is 11.8 Å². The van der Waals surface area contributed by atoms with Crippen LogP contribution in [0.15, 0.2) is 11.4 Å². The van der Waals surface area contributed by atoms with E-state index in [4.69, 9.17) is 6.42 Å². The fraction of sp³-hybridized carbons (Fsp3) is 0.417.